The zero-order valence-corrected chi connectivity index (χ0v) is 29.2. The van der Waals surface area contributed by atoms with Crippen molar-refractivity contribution in [3.05, 3.63) is 125 Å². The number of aryl methyl sites for hydroxylation is 1. The molecular formula is C40H35F2N5O4S. The van der Waals surface area contributed by atoms with Crippen molar-refractivity contribution in [1.29, 1.82) is 0 Å². The third kappa shape index (κ3) is 6.33. The van der Waals surface area contributed by atoms with Crippen LogP contribution in [0.4, 0.5) is 31.0 Å². The molecular weight excluding hydrogens is 685 g/mol. The number of nitrogens with zero attached hydrogens (tertiary/aromatic N) is 3. The van der Waals surface area contributed by atoms with Gasteiger partial charge >= 0.3 is 0 Å². The molecule has 1 spiro atoms. The summed E-state index contributed by atoms with van der Waals surface area (Å²) < 4.78 is 34.1. The molecule has 5 aromatic rings. The van der Waals surface area contributed by atoms with Crippen LogP contribution in [-0.2, 0) is 11.2 Å². The van der Waals surface area contributed by atoms with Crippen LogP contribution in [0, 0.1) is 24.0 Å². The summed E-state index contributed by atoms with van der Waals surface area (Å²) >= 11 is 1.29. The lowest BCUT2D eigenvalue weighted by Crippen LogP contribution is -2.59. The molecule has 264 valence electrons. The van der Waals surface area contributed by atoms with E-state index in [2.05, 4.69) is 20.5 Å². The molecule has 0 radical (unpaired) electrons. The number of amides is 3. The average Bonchev–Trinajstić information content (AvgIpc) is 3.46. The number of pyridine rings is 1. The van der Waals surface area contributed by atoms with E-state index in [1.54, 1.807) is 41.4 Å². The number of para-hydroxylation sites is 1. The highest BCUT2D eigenvalue weighted by Crippen LogP contribution is 2.44. The zero-order valence-electron chi connectivity index (χ0n) is 28.4. The molecule has 52 heavy (non-hydrogen) atoms. The van der Waals surface area contributed by atoms with Gasteiger partial charge in [0.1, 0.15) is 23.0 Å². The summed E-state index contributed by atoms with van der Waals surface area (Å²) in [6.45, 7) is 5.52. The number of hydrogen-bond donors (Lipinski definition) is 2. The fraction of sp³-hybridized carbons (Fsp3) is 0.250. The van der Waals surface area contributed by atoms with Crippen molar-refractivity contribution in [3.63, 3.8) is 0 Å². The van der Waals surface area contributed by atoms with E-state index in [0.717, 1.165) is 72.8 Å². The summed E-state index contributed by atoms with van der Waals surface area (Å²) in [4.78, 5) is 49.8. The predicted molar refractivity (Wildman–Crippen MR) is 198 cm³/mol. The number of ether oxygens (including phenoxy) is 1. The summed E-state index contributed by atoms with van der Waals surface area (Å²) in [6.07, 6.45) is 4.31. The Morgan fingerprint density at radius 1 is 0.885 bits per heavy atom. The maximum Gasteiger partial charge on any atom is 0.262 e. The number of carbonyl (C=O) groups excluding carboxylic acids is 3. The molecule has 2 fully saturated rings. The van der Waals surface area contributed by atoms with Gasteiger partial charge in [-0.05, 0) is 91.9 Å². The SMILES string of the molecule is Cc1cnc(N2CC3(CCOCC3)C2)c(C(=O)Nc2ccc(C(=O)N3CCc4cc(NC(=O)c5c(F)cccc5F)sc4-c4ccccc43)cc2)c1. The average molecular weight is 720 g/mol. The fourth-order valence-corrected chi connectivity index (χ4v) is 8.46. The number of thiophene rings is 1. The van der Waals surface area contributed by atoms with E-state index in [4.69, 9.17) is 4.74 Å². The Morgan fingerprint density at radius 3 is 2.37 bits per heavy atom. The Hall–Kier alpha value is -5.46. The molecule has 3 amide bonds. The van der Waals surface area contributed by atoms with Crippen molar-refractivity contribution in [3.8, 4) is 10.4 Å². The van der Waals surface area contributed by atoms with E-state index in [1.807, 2.05) is 37.3 Å². The number of rotatable bonds is 6. The highest BCUT2D eigenvalue weighted by atomic mass is 32.1. The van der Waals surface area contributed by atoms with Gasteiger partial charge in [0, 0.05) is 66.2 Å². The van der Waals surface area contributed by atoms with Gasteiger partial charge in [0.2, 0.25) is 0 Å². The van der Waals surface area contributed by atoms with E-state index in [-0.39, 0.29) is 17.2 Å². The maximum atomic E-state index is 14.2. The lowest BCUT2D eigenvalue weighted by atomic mass is 9.73. The summed E-state index contributed by atoms with van der Waals surface area (Å²) in [6, 6.07) is 21.3. The molecule has 0 unspecified atom stereocenters. The van der Waals surface area contributed by atoms with Crippen LogP contribution in [0.1, 0.15) is 55.0 Å². The topological polar surface area (TPSA) is 104 Å². The number of fused-ring (bicyclic) bond motifs is 3. The molecule has 2 saturated heterocycles. The van der Waals surface area contributed by atoms with Gasteiger partial charge in [-0.2, -0.15) is 0 Å². The number of hydrogen-bond acceptors (Lipinski definition) is 7. The van der Waals surface area contributed by atoms with E-state index in [1.165, 1.54) is 17.4 Å². The largest absolute Gasteiger partial charge is 0.381 e. The lowest BCUT2D eigenvalue weighted by Gasteiger charge is -2.53. The molecule has 0 bridgehead atoms. The van der Waals surface area contributed by atoms with Crippen LogP contribution in [-0.4, -0.2) is 55.6 Å². The number of nitrogens with one attached hydrogen (secondary N) is 2. The standard InChI is InChI=1S/C40H35F2N5O4S/c1-24-19-29(36(43-21-24)46-22-40(23-46)14-17-51-18-15-40)37(48)44-27-11-9-25(10-12-27)39(50)47-16-13-26-20-33(52-35(26)28-5-2-3-8-32(28)47)45-38(49)34-30(41)6-4-7-31(34)42/h2-12,19-21H,13-18,22-23H2,1H3,(H,44,48)(H,45,49). The second-order valence-electron chi connectivity index (χ2n) is 13.6. The van der Waals surface area contributed by atoms with Crippen molar-refractivity contribution >= 4 is 51.3 Å². The summed E-state index contributed by atoms with van der Waals surface area (Å²) in [5, 5.41) is 6.09. The molecule has 0 atom stereocenters. The van der Waals surface area contributed by atoms with Crippen LogP contribution in [0.2, 0.25) is 0 Å². The Labute approximate surface area is 303 Å². The van der Waals surface area contributed by atoms with Crippen LogP contribution in [0.3, 0.4) is 0 Å². The fourth-order valence-electron chi connectivity index (χ4n) is 7.32. The number of benzene rings is 3. The van der Waals surface area contributed by atoms with Crippen molar-refractivity contribution in [2.45, 2.75) is 26.2 Å². The lowest BCUT2D eigenvalue weighted by molar-refractivity contribution is -0.000511. The first-order chi connectivity index (χ1) is 25.2. The molecule has 0 aliphatic carbocycles. The van der Waals surface area contributed by atoms with Crippen molar-refractivity contribution in [2.24, 2.45) is 5.41 Å². The quantitative estimate of drug-likeness (QED) is 0.186. The first-order valence-electron chi connectivity index (χ1n) is 17.2. The summed E-state index contributed by atoms with van der Waals surface area (Å²) in [5.74, 6) is -2.53. The van der Waals surface area contributed by atoms with Crippen LogP contribution >= 0.6 is 11.3 Å². The van der Waals surface area contributed by atoms with Gasteiger partial charge in [-0.1, -0.05) is 24.3 Å². The number of anilines is 4. The zero-order chi connectivity index (χ0) is 36.0. The maximum absolute atomic E-state index is 14.2. The van der Waals surface area contributed by atoms with E-state index in [9.17, 15) is 23.2 Å². The first-order valence-corrected chi connectivity index (χ1v) is 18.0. The van der Waals surface area contributed by atoms with Gasteiger partial charge in [0.25, 0.3) is 17.7 Å². The van der Waals surface area contributed by atoms with Crippen molar-refractivity contribution < 1.29 is 27.9 Å². The molecule has 2 aromatic heterocycles. The number of halogens is 2. The van der Waals surface area contributed by atoms with E-state index < -0.39 is 23.1 Å². The van der Waals surface area contributed by atoms with Crippen LogP contribution < -0.4 is 20.4 Å². The molecule has 5 heterocycles. The van der Waals surface area contributed by atoms with Crippen LogP contribution in [0.25, 0.3) is 10.4 Å². The molecule has 9 nitrogen and oxygen atoms in total. The van der Waals surface area contributed by atoms with Crippen molar-refractivity contribution in [2.75, 3.05) is 53.3 Å². The van der Waals surface area contributed by atoms with Crippen molar-refractivity contribution in [1.82, 2.24) is 4.98 Å². The second kappa shape index (κ2) is 13.6. The van der Waals surface area contributed by atoms with Gasteiger partial charge in [-0.15, -0.1) is 11.3 Å². The minimum Gasteiger partial charge on any atom is -0.381 e. The first kappa shape index (κ1) is 33.7. The van der Waals surface area contributed by atoms with Crippen LogP contribution in [0.5, 0.6) is 0 Å². The van der Waals surface area contributed by atoms with Gasteiger partial charge in [0.05, 0.1) is 16.3 Å². The highest BCUT2D eigenvalue weighted by Gasteiger charge is 2.45. The normalized spacial score (nSPS) is 16.0. The molecule has 12 heteroatoms. The third-order valence-electron chi connectivity index (χ3n) is 10.1. The summed E-state index contributed by atoms with van der Waals surface area (Å²) in [5.41, 5.74) is 4.42. The Bertz CT molecular complexity index is 2190. The highest BCUT2D eigenvalue weighted by molar-refractivity contribution is 7.19. The monoisotopic (exact) mass is 719 g/mol. The second-order valence-corrected chi connectivity index (χ2v) is 14.7. The Kier molecular flexibility index (Phi) is 8.80. The third-order valence-corrected chi connectivity index (χ3v) is 11.2. The Morgan fingerprint density at radius 2 is 1.62 bits per heavy atom. The molecule has 8 rings (SSSR count). The molecule has 3 aliphatic rings. The van der Waals surface area contributed by atoms with E-state index >= 15 is 0 Å². The van der Waals surface area contributed by atoms with Gasteiger partial charge in [-0.3, -0.25) is 14.4 Å². The van der Waals surface area contributed by atoms with Crippen LogP contribution in [0.15, 0.2) is 85.1 Å². The molecule has 3 aliphatic heterocycles. The molecule has 0 saturated carbocycles. The minimum atomic E-state index is -0.936. The minimum absolute atomic E-state index is 0.200. The van der Waals surface area contributed by atoms with Gasteiger partial charge < -0.3 is 25.2 Å². The smallest absolute Gasteiger partial charge is 0.262 e. The number of aromatic nitrogens is 1. The summed E-state index contributed by atoms with van der Waals surface area (Å²) in [7, 11) is 0. The molecule has 3 aromatic carbocycles. The van der Waals surface area contributed by atoms with Gasteiger partial charge in [-0.25, -0.2) is 13.8 Å². The predicted octanol–water partition coefficient (Wildman–Crippen LogP) is 7.72. The van der Waals surface area contributed by atoms with Gasteiger partial charge in [0.15, 0.2) is 0 Å². The van der Waals surface area contributed by atoms with E-state index in [0.29, 0.717) is 46.3 Å². The number of carbonyl (C=O) groups is 3. The molecule has 2 N–H and O–H groups in total. The Balaban J connectivity index is 0.973.